The number of amides is 1. The van der Waals surface area contributed by atoms with E-state index in [-0.39, 0.29) is 17.7 Å². The first kappa shape index (κ1) is 13.5. The molecule has 0 radical (unpaired) electrons. The number of nitrogens with two attached hydrogens (primary N) is 1. The van der Waals surface area contributed by atoms with Crippen molar-refractivity contribution >= 4 is 17.6 Å². The number of hydrogen-bond acceptors (Lipinski definition) is 3. The van der Waals surface area contributed by atoms with E-state index < -0.39 is 23.7 Å². The summed E-state index contributed by atoms with van der Waals surface area (Å²) < 4.78 is 13.1. The van der Waals surface area contributed by atoms with Crippen LogP contribution >= 0.6 is 0 Å². The number of carboxylic acid groups (broad SMARTS) is 1. The largest absolute Gasteiger partial charge is 0.480 e. The van der Waals surface area contributed by atoms with Gasteiger partial charge in [-0.05, 0) is 18.2 Å². The molecule has 5 nitrogen and oxygen atoms in total. The Morgan fingerprint density at radius 3 is 2.72 bits per heavy atom. The smallest absolute Gasteiger partial charge is 0.327 e. The summed E-state index contributed by atoms with van der Waals surface area (Å²) in [5, 5.41) is 11.0. The van der Waals surface area contributed by atoms with Gasteiger partial charge >= 0.3 is 5.97 Å². The van der Waals surface area contributed by atoms with Gasteiger partial charge in [0, 0.05) is 12.0 Å². The van der Waals surface area contributed by atoms with E-state index in [4.69, 9.17) is 17.3 Å². The normalized spacial score (nSPS) is 11.3. The molecule has 0 spiro atoms. The molecule has 1 amide bonds. The van der Waals surface area contributed by atoms with Gasteiger partial charge in [-0.15, -0.1) is 12.3 Å². The maximum atomic E-state index is 13.1. The second-order valence-electron chi connectivity index (χ2n) is 3.51. The minimum atomic E-state index is -1.25. The summed E-state index contributed by atoms with van der Waals surface area (Å²) in [5.41, 5.74) is 5.14. The third-order valence-corrected chi connectivity index (χ3v) is 2.19. The summed E-state index contributed by atoms with van der Waals surface area (Å²) in [4.78, 5) is 22.4. The molecule has 1 aromatic rings. The number of carbonyl (C=O) groups is 2. The number of aliphatic carboxylic acids is 1. The predicted molar refractivity (Wildman–Crippen MR) is 63.2 cm³/mol. The molecular weight excluding hydrogens is 239 g/mol. The molecule has 4 N–H and O–H groups in total. The van der Waals surface area contributed by atoms with Crippen LogP contribution in [0.3, 0.4) is 0 Å². The van der Waals surface area contributed by atoms with Gasteiger partial charge < -0.3 is 16.2 Å². The Bertz CT molecular complexity index is 523. The Morgan fingerprint density at radius 2 is 2.22 bits per heavy atom. The first-order valence-corrected chi connectivity index (χ1v) is 4.98. The fourth-order valence-corrected chi connectivity index (χ4v) is 1.23. The maximum Gasteiger partial charge on any atom is 0.327 e. The van der Waals surface area contributed by atoms with E-state index >= 15 is 0 Å². The van der Waals surface area contributed by atoms with Crippen LogP contribution in [0, 0.1) is 18.2 Å². The average Bonchev–Trinajstić information content (AvgIpc) is 2.31. The molecule has 6 heteroatoms. The Kier molecular flexibility index (Phi) is 4.27. The average molecular weight is 250 g/mol. The molecule has 0 bridgehead atoms. The Hall–Kier alpha value is -2.55. The van der Waals surface area contributed by atoms with E-state index in [1.165, 1.54) is 12.1 Å². The predicted octanol–water partition coefficient (Wildman–Crippen LogP) is 0.614. The van der Waals surface area contributed by atoms with Crippen molar-refractivity contribution in [2.45, 2.75) is 12.5 Å². The summed E-state index contributed by atoms with van der Waals surface area (Å²) in [6, 6.07) is 2.24. The number of terminal acetylenes is 1. The summed E-state index contributed by atoms with van der Waals surface area (Å²) in [6.07, 6.45) is 4.83. The lowest BCUT2D eigenvalue weighted by atomic mass is 10.1. The summed E-state index contributed by atoms with van der Waals surface area (Å²) in [6.45, 7) is 0. The van der Waals surface area contributed by atoms with Gasteiger partial charge in [-0.2, -0.15) is 0 Å². The van der Waals surface area contributed by atoms with Crippen molar-refractivity contribution in [3.63, 3.8) is 0 Å². The Morgan fingerprint density at radius 1 is 1.56 bits per heavy atom. The number of nitrogen functional groups attached to an aromatic ring is 1. The maximum absolute atomic E-state index is 13.1. The number of carboxylic acids is 1. The molecule has 94 valence electrons. The van der Waals surface area contributed by atoms with Crippen LogP contribution < -0.4 is 11.1 Å². The first-order valence-electron chi connectivity index (χ1n) is 4.98. The van der Waals surface area contributed by atoms with Crippen LogP contribution in [0.1, 0.15) is 16.8 Å². The second kappa shape index (κ2) is 5.68. The molecular formula is C12H11FN2O3. The molecule has 0 aliphatic carbocycles. The van der Waals surface area contributed by atoms with Gasteiger partial charge in [0.25, 0.3) is 5.91 Å². The monoisotopic (exact) mass is 250 g/mol. The van der Waals surface area contributed by atoms with Crippen LogP contribution in [-0.4, -0.2) is 23.0 Å². The van der Waals surface area contributed by atoms with Gasteiger partial charge in [-0.3, -0.25) is 4.79 Å². The fourth-order valence-electron chi connectivity index (χ4n) is 1.23. The van der Waals surface area contributed by atoms with Crippen molar-refractivity contribution in [1.82, 2.24) is 5.32 Å². The lowest BCUT2D eigenvalue weighted by Gasteiger charge is -2.11. The molecule has 1 rings (SSSR count). The Balaban J connectivity index is 2.84. The van der Waals surface area contributed by atoms with Crippen LogP contribution in [0.25, 0.3) is 0 Å². The molecule has 0 aliphatic rings. The van der Waals surface area contributed by atoms with E-state index in [9.17, 15) is 14.0 Å². The lowest BCUT2D eigenvalue weighted by molar-refractivity contribution is -0.139. The van der Waals surface area contributed by atoms with E-state index in [2.05, 4.69) is 11.2 Å². The summed E-state index contributed by atoms with van der Waals surface area (Å²) >= 11 is 0. The van der Waals surface area contributed by atoms with E-state index in [1.54, 1.807) is 0 Å². The zero-order valence-electron chi connectivity index (χ0n) is 9.31. The quantitative estimate of drug-likeness (QED) is 0.539. The van der Waals surface area contributed by atoms with Gasteiger partial charge in [0.1, 0.15) is 11.9 Å². The molecule has 0 saturated carbocycles. The number of hydrogen-bond donors (Lipinski definition) is 3. The highest BCUT2D eigenvalue weighted by molar-refractivity contribution is 5.96. The summed E-state index contributed by atoms with van der Waals surface area (Å²) in [7, 11) is 0. The Labute approximate surface area is 103 Å². The molecule has 18 heavy (non-hydrogen) atoms. The van der Waals surface area contributed by atoms with E-state index in [1.807, 2.05) is 0 Å². The number of halogens is 1. The molecule has 1 aromatic carbocycles. The third kappa shape index (κ3) is 3.22. The minimum absolute atomic E-state index is 0.0232. The number of anilines is 1. The van der Waals surface area contributed by atoms with Gasteiger partial charge in [0.15, 0.2) is 0 Å². The molecule has 0 fully saturated rings. The topological polar surface area (TPSA) is 92.4 Å². The van der Waals surface area contributed by atoms with Crippen LogP contribution in [0.15, 0.2) is 18.2 Å². The van der Waals surface area contributed by atoms with Gasteiger partial charge in [0.2, 0.25) is 0 Å². The SMILES string of the molecule is C#CCC(NC(=O)c1ccc(N)c(F)c1)C(=O)O. The van der Waals surface area contributed by atoms with Gasteiger partial charge in [-0.1, -0.05) is 0 Å². The first-order chi connectivity index (χ1) is 8.45. The zero-order chi connectivity index (χ0) is 13.7. The van der Waals surface area contributed by atoms with Crippen LogP contribution in [0.4, 0.5) is 10.1 Å². The number of carbonyl (C=O) groups excluding carboxylic acids is 1. The highest BCUT2D eigenvalue weighted by atomic mass is 19.1. The van der Waals surface area contributed by atoms with Crippen LogP contribution in [0.2, 0.25) is 0 Å². The van der Waals surface area contributed by atoms with Gasteiger partial charge in [-0.25, -0.2) is 9.18 Å². The number of nitrogens with one attached hydrogen (secondary N) is 1. The molecule has 0 aliphatic heterocycles. The zero-order valence-corrected chi connectivity index (χ0v) is 9.31. The van der Waals surface area contributed by atoms with E-state index in [0.29, 0.717) is 0 Å². The van der Waals surface area contributed by atoms with Crippen molar-refractivity contribution in [3.8, 4) is 12.3 Å². The molecule has 0 saturated heterocycles. The number of benzene rings is 1. The third-order valence-electron chi connectivity index (χ3n) is 2.19. The summed E-state index contributed by atoms with van der Waals surface area (Å²) in [5.74, 6) is -0.585. The van der Waals surface area contributed by atoms with E-state index in [0.717, 1.165) is 6.07 Å². The highest BCUT2D eigenvalue weighted by Gasteiger charge is 2.19. The standard InChI is InChI=1S/C12H11FN2O3/c1-2-3-10(12(17)18)15-11(16)7-4-5-9(14)8(13)6-7/h1,4-6,10H,3,14H2,(H,15,16)(H,17,18). The fraction of sp³-hybridized carbons (Fsp3) is 0.167. The number of rotatable bonds is 4. The molecule has 1 unspecified atom stereocenters. The van der Waals surface area contributed by atoms with Crippen LogP contribution in [0.5, 0.6) is 0 Å². The minimum Gasteiger partial charge on any atom is -0.480 e. The van der Waals surface area contributed by atoms with Crippen LogP contribution in [-0.2, 0) is 4.79 Å². The van der Waals surface area contributed by atoms with Crippen molar-refractivity contribution in [2.24, 2.45) is 0 Å². The lowest BCUT2D eigenvalue weighted by Crippen LogP contribution is -2.40. The molecule has 0 heterocycles. The second-order valence-corrected chi connectivity index (χ2v) is 3.51. The van der Waals surface area contributed by atoms with Gasteiger partial charge in [0.05, 0.1) is 5.69 Å². The molecule has 1 atom stereocenters. The van der Waals surface area contributed by atoms with Crippen molar-refractivity contribution in [1.29, 1.82) is 0 Å². The van der Waals surface area contributed by atoms with Crippen molar-refractivity contribution < 1.29 is 19.1 Å². The van der Waals surface area contributed by atoms with Crippen molar-refractivity contribution in [3.05, 3.63) is 29.6 Å². The molecule has 0 aromatic heterocycles. The highest BCUT2D eigenvalue weighted by Crippen LogP contribution is 2.12. The van der Waals surface area contributed by atoms with Crippen molar-refractivity contribution in [2.75, 3.05) is 5.73 Å².